The van der Waals surface area contributed by atoms with Gasteiger partial charge < -0.3 is 38.8 Å². The Balaban J connectivity index is 1.34. The highest BCUT2D eigenvalue weighted by Gasteiger charge is 2.78. The van der Waals surface area contributed by atoms with Crippen LogP contribution < -0.4 is 9.64 Å². The molecule has 5 aliphatic heterocycles. The number of nitrogens with zero attached hydrogens (tertiary/aromatic N) is 3. The summed E-state index contributed by atoms with van der Waals surface area (Å²) in [5.41, 5.74) is -0.593. The fourth-order valence-electron chi connectivity index (χ4n) is 13.6. The second kappa shape index (κ2) is 14.5. The predicted molar refractivity (Wildman–Crippen MR) is 224 cm³/mol. The van der Waals surface area contributed by atoms with Crippen molar-refractivity contribution in [2.24, 2.45) is 17.3 Å². The van der Waals surface area contributed by atoms with Gasteiger partial charge in [0.25, 0.3) is 0 Å². The third-order valence-corrected chi connectivity index (χ3v) is 15.7. The first kappa shape index (κ1) is 41.8. The van der Waals surface area contributed by atoms with Gasteiger partial charge in [-0.15, -0.1) is 0 Å². The second-order valence-corrected chi connectivity index (χ2v) is 18.8. The van der Waals surface area contributed by atoms with Crippen LogP contribution in [0.4, 0.5) is 14.5 Å². The number of rotatable bonds is 8. The fourth-order valence-corrected chi connectivity index (χ4v) is 13.6. The van der Waals surface area contributed by atoms with Crippen molar-refractivity contribution in [2.45, 2.75) is 100 Å². The number of benzene rings is 2. The zero-order valence-corrected chi connectivity index (χ0v) is 36.2. The molecule has 2 aromatic carbocycles. The Morgan fingerprint density at radius 3 is 2.49 bits per heavy atom. The highest BCUT2D eigenvalue weighted by Crippen LogP contribution is 2.68. The Morgan fingerprint density at radius 1 is 1.03 bits per heavy atom. The molecule has 2 bridgehead atoms. The fraction of sp³-hybridized carbons (Fsp3) is 0.596. The lowest BCUT2D eigenvalue weighted by Gasteiger charge is -2.64. The number of nitrogens with one attached hydrogen (secondary N) is 1. The van der Waals surface area contributed by atoms with E-state index < -0.39 is 70.3 Å². The third-order valence-electron chi connectivity index (χ3n) is 15.7. The molecular formula is C47H58F2N4O8. The second-order valence-electron chi connectivity index (χ2n) is 18.8. The van der Waals surface area contributed by atoms with Gasteiger partial charge in [-0.1, -0.05) is 37.3 Å². The van der Waals surface area contributed by atoms with Gasteiger partial charge in [-0.25, -0.2) is 8.78 Å². The minimum Gasteiger partial charge on any atom is -0.496 e. The normalized spacial score (nSPS) is 35.2. The molecule has 0 amide bonds. The Hall–Kier alpha value is -4.53. The number of ether oxygens (including phenoxy) is 4. The summed E-state index contributed by atoms with van der Waals surface area (Å²) in [6.07, 6.45) is 5.06. The van der Waals surface area contributed by atoms with Crippen molar-refractivity contribution in [1.29, 1.82) is 0 Å². The highest BCUT2D eigenvalue weighted by molar-refractivity contribution is 5.94. The van der Waals surface area contributed by atoms with E-state index in [4.69, 9.17) is 18.9 Å². The summed E-state index contributed by atoms with van der Waals surface area (Å²) >= 11 is 0. The predicted octanol–water partition coefficient (Wildman–Crippen LogP) is 5.51. The summed E-state index contributed by atoms with van der Waals surface area (Å²) in [5, 5.41) is 14.4. The van der Waals surface area contributed by atoms with Crippen LogP contribution >= 0.6 is 0 Å². The number of halogens is 2. The standard InChI is InChI=1S/C47H58F2N4O8/c1-8-44-15-11-17-53-19-16-45(39(44)53)33-21-34(37(58-6)22-36(33)51(5)40(45)47(57,26-60-27(2)54)41(44)61-28(3)55)46(42(56)59-7)23-29-20-30(43(4,48)49)25-52(24-29)18-14-32-31-12-9-10-13-35(31)50-38(32)46/h9-13,15,21-22,29-30,39-41,50,57H,8,14,16-20,23-26H2,1-7H3/t29-,30+,39-,40+,41+,44+,45+,46-,47?/m0/s1. The molecule has 14 heteroatoms. The van der Waals surface area contributed by atoms with E-state index in [-0.39, 0.29) is 31.3 Å². The van der Waals surface area contributed by atoms with E-state index >= 15 is 13.6 Å². The van der Waals surface area contributed by atoms with Crippen LogP contribution in [0.15, 0.2) is 48.6 Å². The maximum absolute atomic E-state index is 15.4. The summed E-state index contributed by atoms with van der Waals surface area (Å²) in [7, 11) is 4.84. The molecule has 2 unspecified atom stereocenters. The Morgan fingerprint density at radius 2 is 1.80 bits per heavy atom. The summed E-state index contributed by atoms with van der Waals surface area (Å²) < 4.78 is 55.0. The number of carbonyl (C=O) groups is 3. The van der Waals surface area contributed by atoms with Gasteiger partial charge >= 0.3 is 17.9 Å². The van der Waals surface area contributed by atoms with Gasteiger partial charge in [0.2, 0.25) is 5.92 Å². The van der Waals surface area contributed by atoms with Crippen LogP contribution in [0.2, 0.25) is 0 Å². The molecule has 9 rings (SSSR count). The lowest BCUT2D eigenvalue weighted by molar-refractivity contribution is -0.232. The van der Waals surface area contributed by atoms with Gasteiger partial charge in [-0.3, -0.25) is 19.3 Å². The van der Waals surface area contributed by atoms with Crippen molar-refractivity contribution < 1.29 is 47.2 Å². The number of aromatic amines is 1. The molecule has 12 nitrogen and oxygen atoms in total. The van der Waals surface area contributed by atoms with Crippen LogP contribution in [0, 0.1) is 17.3 Å². The molecule has 3 aromatic rings. The first-order valence-corrected chi connectivity index (χ1v) is 21.7. The molecule has 2 saturated heterocycles. The quantitative estimate of drug-likeness (QED) is 0.169. The number of likely N-dealkylation sites (N-methyl/N-ethyl adjacent to an activating group) is 1. The van der Waals surface area contributed by atoms with E-state index in [9.17, 15) is 14.7 Å². The number of piperidine rings is 1. The Bertz CT molecular complexity index is 2310. The van der Waals surface area contributed by atoms with Crippen LogP contribution in [-0.2, 0) is 45.8 Å². The molecule has 6 heterocycles. The molecule has 3 fully saturated rings. The largest absolute Gasteiger partial charge is 0.496 e. The monoisotopic (exact) mass is 844 g/mol. The number of esters is 3. The number of hydrogen-bond donors (Lipinski definition) is 2. The molecule has 1 aliphatic carbocycles. The number of carbonyl (C=O) groups excluding carboxylic acids is 3. The summed E-state index contributed by atoms with van der Waals surface area (Å²) in [4.78, 5) is 51.2. The van der Waals surface area contributed by atoms with E-state index in [1.165, 1.54) is 21.0 Å². The number of hydrogen-bond acceptors (Lipinski definition) is 11. The van der Waals surface area contributed by atoms with Crippen molar-refractivity contribution in [3.63, 3.8) is 0 Å². The minimum absolute atomic E-state index is 0.173. The average Bonchev–Trinajstić information content (AvgIpc) is 3.89. The number of aromatic nitrogens is 1. The summed E-state index contributed by atoms with van der Waals surface area (Å²) in [6.45, 7) is 7.88. The van der Waals surface area contributed by atoms with E-state index in [1.54, 1.807) is 7.11 Å². The van der Waals surface area contributed by atoms with Crippen molar-refractivity contribution in [2.75, 3.05) is 65.5 Å². The van der Waals surface area contributed by atoms with E-state index in [0.717, 1.165) is 34.6 Å². The SMILES string of the molecule is CC[C@]12C=CCN3CC[C@@]4(c5cc([C@@]6(C(=O)OC)C[C@@H]7C[C@@H](C(C)(F)F)CN(CCc8c6[nH]c6ccccc86)C7)c(OC)cc5N(C)[C@H]4C(O)(COC(C)=O)[C@@H]1OC(C)=O)[C@@H]32. The maximum Gasteiger partial charge on any atom is 0.322 e. The van der Waals surface area contributed by atoms with Gasteiger partial charge in [-0.05, 0) is 74.8 Å². The lowest BCUT2D eigenvalue weighted by atomic mass is 9.47. The number of methoxy groups -OCH3 is 2. The molecular weight excluding hydrogens is 787 g/mol. The molecule has 61 heavy (non-hydrogen) atoms. The Kier molecular flexibility index (Phi) is 9.95. The highest BCUT2D eigenvalue weighted by atomic mass is 19.3. The number of alkyl halides is 2. The molecule has 6 aliphatic rings. The van der Waals surface area contributed by atoms with Crippen LogP contribution in [0.25, 0.3) is 10.9 Å². The molecule has 10 atom stereocenters. The maximum atomic E-state index is 15.4. The molecule has 2 N–H and O–H groups in total. The smallest absolute Gasteiger partial charge is 0.322 e. The number of H-pyrrole nitrogens is 1. The topological polar surface area (TPSA) is 134 Å². The molecule has 0 radical (unpaired) electrons. The van der Waals surface area contributed by atoms with Crippen molar-refractivity contribution in [3.8, 4) is 5.75 Å². The van der Waals surface area contributed by atoms with Crippen molar-refractivity contribution in [3.05, 3.63) is 70.9 Å². The van der Waals surface area contributed by atoms with Crippen LogP contribution in [-0.4, -0.2) is 128 Å². The molecule has 328 valence electrons. The van der Waals surface area contributed by atoms with Crippen molar-refractivity contribution >= 4 is 34.5 Å². The van der Waals surface area contributed by atoms with Gasteiger partial charge in [-0.2, -0.15) is 0 Å². The average molecular weight is 845 g/mol. The number of fused-ring (bicyclic) bond motifs is 6. The van der Waals surface area contributed by atoms with Gasteiger partial charge in [0, 0.05) is 104 Å². The zero-order valence-electron chi connectivity index (χ0n) is 36.2. The van der Waals surface area contributed by atoms with Crippen molar-refractivity contribution in [1.82, 2.24) is 14.8 Å². The molecule has 1 aromatic heterocycles. The third kappa shape index (κ3) is 5.86. The number of para-hydroxylation sites is 1. The summed E-state index contributed by atoms with van der Waals surface area (Å²) in [5.74, 6) is -5.41. The van der Waals surface area contributed by atoms with Crippen LogP contribution in [0.1, 0.15) is 75.8 Å². The Labute approximate surface area is 355 Å². The van der Waals surface area contributed by atoms with Gasteiger partial charge in [0.15, 0.2) is 5.60 Å². The van der Waals surface area contributed by atoms with E-state index in [0.29, 0.717) is 62.4 Å². The van der Waals surface area contributed by atoms with E-state index in [2.05, 4.69) is 33.0 Å². The minimum atomic E-state index is -2.92. The summed E-state index contributed by atoms with van der Waals surface area (Å²) in [6, 6.07) is 10.9. The van der Waals surface area contributed by atoms with Crippen LogP contribution in [0.5, 0.6) is 5.75 Å². The number of anilines is 1. The zero-order chi connectivity index (χ0) is 43.4. The molecule has 1 spiro atoms. The van der Waals surface area contributed by atoms with E-state index in [1.807, 2.05) is 49.2 Å². The lowest BCUT2D eigenvalue weighted by Crippen LogP contribution is -2.80. The molecule has 1 saturated carbocycles. The first-order valence-electron chi connectivity index (χ1n) is 21.7. The first-order chi connectivity index (χ1) is 29.0. The van der Waals surface area contributed by atoms with Crippen LogP contribution in [0.3, 0.4) is 0 Å². The van der Waals surface area contributed by atoms with Gasteiger partial charge in [0.05, 0.1) is 20.3 Å². The van der Waals surface area contributed by atoms with Gasteiger partial charge in [0.1, 0.15) is 23.9 Å². The number of aliphatic hydroxyl groups is 1.